The van der Waals surface area contributed by atoms with Crippen LogP contribution in [0.4, 0.5) is 0 Å². The number of para-hydroxylation sites is 1. The minimum Gasteiger partial charge on any atom is -0.326 e. The van der Waals surface area contributed by atoms with E-state index in [1.54, 1.807) is 0 Å². The van der Waals surface area contributed by atoms with Gasteiger partial charge in [0, 0.05) is 23.5 Å². The average Bonchev–Trinajstić information content (AvgIpc) is 2.83. The molecule has 3 rings (SSSR count). The number of nitrogens with one attached hydrogen (secondary N) is 1. The summed E-state index contributed by atoms with van der Waals surface area (Å²) in [5.74, 6) is 0.668. The van der Waals surface area contributed by atoms with Crippen molar-refractivity contribution >= 4 is 10.9 Å². The molecule has 0 saturated heterocycles. The van der Waals surface area contributed by atoms with Crippen molar-refractivity contribution in [3.05, 3.63) is 29.5 Å². The molecule has 17 heavy (non-hydrogen) atoms. The third-order valence-corrected chi connectivity index (χ3v) is 3.93. The minimum atomic E-state index is 0.562. The molecule has 0 spiro atoms. The molecule has 3 nitrogen and oxygen atoms in total. The molecule has 0 amide bonds. The van der Waals surface area contributed by atoms with Crippen LogP contribution in [0.1, 0.15) is 49.3 Å². The number of fused-ring (bicyclic) bond motifs is 1. The molecule has 1 aromatic carbocycles. The standard InChI is InChI=1S/C14H19N3/c15-9-11-7-4-8-12-13(16-17-14(11)12)10-5-2-1-3-6-10/h4,7-8,10H,1-3,5-6,9,15H2,(H,16,17). The third-order valence-electron chi connectivity index (χ3n) is 3.93. The van der Waals surface area contributed by atoms with Crippen LogP contribution in [0.5, 0.6) is 0 Å². The molecule has 0 atom stereocenters. The van der Waals surface area contributed by atoms with Gasteiger partial charge in [0.05, 0.1) is 5.52 Å². The van der Waals surface area contributed by atoms with Crippen LogP contribution < -0.4 is 5.73 Å². The zero-order valence-electron chi connectivity index (χ0n) is 10.1. The van der Waals surface area contributed by atoms with Crippen molar-refractivity contribution in [3.63, 3.8) is 0 Å². The van der Waals surface area contributed by atoms with Gasteiger partial charge in [-0.25, -0.2) is 0 Å². The number of aromatic nitrogens is 2. The summed E-state index contributed by atoms with van der Waals surface area (Å²) in [4.78, 5) is 0. The second kappa shape index (κ2) is 4.49. The van der Waals surface area contributed by atoms with E-state index in [1.807, 2.05) is 0 Å². The number of hydrogen-bond acceptors (Lipinski definition) is 2. The number of hydrogen-bond donors (Lipinski definition) is 2. The Hall–Kier alpha value is -1.35. The summed E-state index contributed by atoms with van der Waals surface area (Å²) in [6, 6.07) is 6.32. The van der Waals surface area contributed by atoms with Gasteiger partial charge in [-0.3, -0.25) is 5.10 Å². The maximum Gasteiger partial charge on any atom is 0.0968 e. The monoisotopic (exact) mass is 229 g/mol. The predicted octanol–water partition coefficient (Wildman–Crippen LogP) is 3.07. The number of rotatable bonds is 2. The molecule has 1 aromatic heterocycles. The summed E-state index contributed by atoms with van der Waals surface area (Å²) in [7, 11) is 0. The van der Waals surface area contributed by atoms with Gasteiger partial charge in [-0.1, -0.05) is 37.5 Å². The molecule has 0 bridgehead atoms. The van der Waals surface area contributed by atoms with Crippen LogP contribution in [0.25, 0.3) is 10.9 Å². The molecule has 2 aromatic rings. The molecule has 1 aliphatic carbocycles. The molecule has 3 N–H and O–H groups in total. The van der Waals surface area contributed by atoms with E-state index < -0.39 is 0 Å². The van der Waals surface area contributed by atoms with Crippen LogP contribution >= 0.6 is 0 Å². The topological polar surface area (TPSA) is 54.7 Å². The fourth-order valence-corrected chi connectivity index (χ4v) is 2.98. The molecule has 1 fully saturated rings. The summed E-state index contributed by atoms with van der Waals surface area (Å²) in [5, 5.41) is 8.99. The van der Waals surface area contributed by atoms with Crippen molar-refractivity contribution in [1.82, 2.24) is 10.2 Å². The predicted molar refractivity (Wildman–Crippen MR) is 69.8 cm³/mol. The van der Waals surface area contributed by atoms with Crippen molar-refractivity contribution in [3.8, 4) is 0 Å². The highest BCUT2D eigenvalue weighted by atomic mass is 15.1. The summed E-state index contributed by atoms with van der Waals surface area (Å²) in [6.45, 7) is 0.562. The molecule has 3 heteroatoms. The van der Waals surface area contributed by atoms with E-state index in [0.29, 0.717) is 12.5 Å². The fourth-order valence-electron chi connectivity index (χ4n) is 2.98. The van der Waals surface area contributed by atoms with E-state index in [9.17, 15) is 0 Å². The van der Waals surface area contributed by atoms with E-state index in [1.165, 1.54) is 43.2 Å². The highest BCUT2D eigenvalue weighted by Gasteiger charge is 2.20. The molecule has 1 saturated carbocycles. The van der Waals surface area contributed by atoms with Gasteiger partial charge in [0.2, 0.25) is 0 Å². The van der Waals surface area contributed by atoms with Crippen LogP contribution in [0.2, 0.25) is 0 Å². The second-order valence-electron chi connectivity index (χ2n) is 4.99. The van der Waals surface area contributed by atoms with Gasteiger partial charge in [0.25, 0.3) is 0 Å². The molecule has 0 unspecified atom stereocenters. The smallest absolute Gasteiger partial charge is 0.0968 e. The van der Waals surface area contributed by atoms with Crippen molar-refractivity contribution < 1.29 is 0 Å². The number of nitrogens with two attached hydrogens (primary N) is 1. The Labute approximate surface area is 101 Å². The lowest BCUT2D eigenvalue weighted by Gasteiger charge is -2.20. The number of nitrogens with zero attached hydrogens (tertiary/aromatic N) is 1. The van der Waals surface area contributed by atoms with Gasteiger partial charge >= 0.3 is 0 Å². The van der Waals surface area contributed by atoms with Gasteiger partial charge in [-0.15, -0.1) is 0 Å². The van der Waals surface area contributed by atoms with Gasteiger partial charge < -0.3 is 5.73 Å². The molecule has 1 heterocycles. The van der Waals surface area contributed by atoms with Crippen LogP contribution in [0, 0.1) is 0 Å². The van der Waals surface area contributed by atoms with Gasteiger partial charge in [0.15, 0.2) is 0 Å². The number of H-pyrrole nitrogens is 1. The van der Waals surface area contributed by atoms with Crippen molar-refractivity contribution in [1.29, 1.82) is 0 Å². The summed E-state index contributed by atoms with van der Waals surface area (Å²) in [6.07, 6.45) is 6.68. The maximum absolute atomic E-state index is 5.75. The molecule has 0 radical (unpaired) electrons. The Morgan fingerprint density at radius 3 is 2.82 bits per heavy atom. The van der Waals surface area contributed by atoms with E-state index in [2.05, 4.69) is 28.4 Å². The first kappa shape index (κ1) is 10.8. The summed E-state index contributed by atoms with van der Waals surface area (Å²) >= 11 is 0. The van der Waals surface area contributed by atoms with E-state index in [4.69, 9.17) is 5.73 Å². The highest BCUT2D eigenvalue weighted by Crippen LogP contribution is 2.35. The van der Waals surface area contributed by atoms with Crippen molar-refractivity contribution in [2.45, 2.75) is 44.6 Å². The van der Waals surface area contributed by atoms with Crippen molar-refractivity contribution in [2.75, 3.05) is 0 Å². The van der Waals surface area contributed by atoms with Crippen LogP contribution in [0.15, 0.2) is 18.2 Å². The zero-order chi connectivity index (χ0) is 11.7. The Kier molecular flexibility index (Phi) is 2.85. The molecule has 90 valence electrons. The first-order valence-electron chi connectivity index (χ1n) is 6.56. The van der Waals surface area contributed by atoms with E-state index >= 15 is 0 Å². The Morgan fingerprint density at radius 2 is 2.06 bits per heavy atom. The molecule has 1 aliphatic rings. The van der Waals surface area contributed by atoms with Crippen LogP contribution in [0.3, 0.4) is 0 Å². The van der Waals surface area contributed by atoms with Gasteiger partial charge in [-0.2, -0.15) is 5.10 Å². The maximum atomic E-state index is 5.75. The molecular formula is C14H19N3. The van der Waals surface area contributed by atoms with E-state index in [-0.39, 0.29) is 0 Å². The number of benzene rings is 1. The summed E-state index contributed by atoms with van der Waals surface area (Å²) in [5.41, 5.74) is 9.28. The average molecular weight is 229 g/mol. The normalized spacial score (nSPS) is 17.7. The van der Waals surface area contributed by atoms with Gasteiger partial charge in [-0.05, 0) is 18.4 Å². The minimum absolute atomic E-state index is 0.562. The quantitative estimate of drug-likeness (QED) is 0.831. The largest absolute Gasteiger partial charge is 0.326 e. The third kappa shape index (κ3) is 1.84. The van der Waals surface area contributed by atoms with Crippen molar-refractivity contribution in [2.24, 2.45) is 5.73 Å². The lowest BCUT2D eigenvalue weighted by Crippen LogP contribution is -2.05. The first-order valence-corrected chi connectivity index (χ1v) is 6.56. The first-order chi connectivity index (χ1) is 8.40. The fraction of sp³-hybridized carbons (Fsp3) is 0.500. The lowest BCUT2D eigenvalue weighted by atomic mass is 9.85. The van der Waals surface area contributed by atoms with Crippen LogP contribution in [-0.4, -0.2) is 10.2 Å². The Balaban J connectivity index is 2.05. The van der Waals surface area contributed by atoms with Gasteiger partial charge in [0.1, 0.15) is 0 Å². The molecular weight excluding hydrogens is 210 g/mol. The highest BCUT2D eigenvalue weighted by molar-refractivity contribution is 5.84. The number of aromatic amines is 1. The van der Waals surface area contributed by atoms with E-state index in [0.717, 1.165) is 11.1 Å². The SMILES string of the molecule is NCc1cccc2c(C3CCCCC3)[nH]nc12. The molecule has 0 aliphatic heterocycles. The Bertz CT molecular complexity index is 509. The van der Waals surface area contributed by atoms with Crippen LogP contribution in [-0.2, 0) is 6.54 Å². The second-order valence-corrected chi connectivity index (χ2v) is 4.99. The Morgan fingerprint density at radius 1 is 1.24 bits per heavy atom. The lowest BCUT2D eigenvalue weighted by molar-refractivity contribution is 0.438. The zero-order valence-corrected chi connectivity index (χ0v) is 10.1. The summed E-state index contributed by atoms with van der Waals surface area (Å²) < 4.78 is 0.